The molecule has 0 saturated carbocycles. The van der Waals surface area contributed by atoms with Crippen molar-refractivity contribution in [1.29, 1.82) is 0 Å². The number of hydrogen-bond donors (Lipinski definition) is 1. The summed E-state index contributed by atoms with van der Waals surface area (Å²) in [5.74, 6) is -1.32. The van der Waals surface area contributed by atoms with Crippen LogP contribution in [0.4, 0.5) is 0 Å². The first kappa shape index (κ1) is 30.3. The van der Waals surface area contributed by atoms with Crippen LogP contribution in [0.25, 0.3) is 0 Å². The highest BCUT2D eigenvalue weighted by molar-refractivity contribution is 5.97. The number of amides is 1. The third-order valence-corrected chi connectivity index (χ3v) is 8.83. The number of allylic oxidation sites excluding steroid dienone is 1. The SMILES string of the molecule is COc1ccc(CN2C(=O)[C@@H]3C[C@H](OCc4ccccc4)O[C@]3(C)[C@@]2(C(=O)OC(C)(C)C)C(O)[C@H]2C=CCCC2)cc1. The lowest BCUT2D eigenvalue weighted by atomic mass is 9.68. The quantitative estimate of drug-likeness (QED) is 0.325. The second kappa shape index (κ2) is 11.8. The molecule has 1 N–H and O–H groups in total. The standard InChI is InChI=1S/C34H43NO7/c1-32(2,3)42-31(38)34(29(36)25-14-10-7-11-15-25)33(4)27(20-28(41-33)40-22-24-12-8-6-9-13-24)30(37)35(34)21-23-16-18-26(39-5)19-17-23/h6,8-10,12-14,16-19,25,27-29,36H,7,11,15,20-22H2,1-5H3/t25-,27-,28+,29?,33-,34-/m0/s1. The van der Waals surface area contributed by atoms with Gasteiger partial charge in [-0.15, -0.1) is 0 Å². The Bertz CT molecular complexity index is 1290. The van der Waals surface area contributed by atoms with Crippen LogP contribution in [0.2, 0.25) is 0 Å². The maximum absolute atomic E-state index is 14.6. The second-order valence-corrected chi connectivity index (χ2v) is 12.7. The monoisotopic (exact) mass is 577 g/mol. The Hall–Kier alpha value is -3.20. The molecule has 1 aliphatic carbocycles. The van der Waals surface area contributed by atoms with Crippen LogP contribution in [0.3, 0.4) is 0 Å². The van der Waals surface area contributed by atoms with Crippen molar-refractivity contribution >= 4 is 11.9 Å². The van der Waals surface area contributed by atoms with Gasteiger partial charge in [0.25, 0.3) is 0 Å². The van der Waals surface area contributed by atoms with Gasteiger partial charge in [0.05, 0.1) is 25.7 Å². The fraction of sp³-hybridized carbons (Fsp3) is 0.529. The van der Waals surface area contributed by atoms with E-state index in [9.17, 15) is 14.7 Å². The molecule has 2 aromatic rings. The summed E-state index contributed by atoms with van der Waals surface area (Å²) >= 11 is 0. The molecule has 2 aliphatic heterocycles. The molecule has 5 rings (SSSR count). The minimum atomic E-state index is -1.82. The number of carbonyl (C=O) groups excluding carboxylic acids is 2. The van der Waals surface area contributed by atoms with Gasteiger partial charge in [-0.3, -0.25) is 4.79 Å². The van der Waals surface area contributed by atoms with Gasteiger partial charge in [0.2, 0.25) is 5.91 Å². The number of methoxy groups -OCH3 is 1. The molecule has 6 atom stereocenters. The van der Waals surface area contributed by atoms with Gasteiger partial charge < -0.3 is 29.0 Å². The number of ether oxygens (including phenoxy) is 4. The molecule has 42 heavy (non-hydrogen) atoms. The Morgan fingerprint density at radius 1 is 1.12 bits per heavy atom. The number of nitrogens with zero attached hydrogens (tertiary/aromatic N) is 1. The van der Waals surface area contributed by atoms with Crippen LogP contribution in [0.5, 0.6) is 5.75 Å². The molecule has 0 aromatic heterocycles. The Kier molecular flexibility index (Phi) is 8.52. The van der Waals surface area contributed by atoms with Gasteiger partial charge in [-0.2, -0.15) is 0 Å². The Morgan fingerprint density at radius 2 is 1.83 bits per heavy atom. The van der Waals surface area contributed by atoms with E-state index in [0.29, 0.717) is 18.8 Å². The third kappa shape index (κ3) is 5.48. The van der Waals surface area contributed by atoms with Crippen molar-refractivity contribution in [3.05, 3.63) is 77.9 Å². The van der Waals surface area contributed by atoms with Crippen molar-refractivity contribution in [2.24, 2.45) is 11.8 Å². The van der Waals surface area contributed by atoms with Crippen LogP contribution in [-0.4, -0.2) is 58.1 Å². The van der Waals surface area contributed by atoms with E-state index in [1.165, 1.54) is 4.90 Å². The highest BCUT2D eigenvalue weighted by Gasteiger charge is 2.78. The predicted octanol–water partition coefficient (Wildman–Crippen LogP) is 5.17. The highest BCUT2D eigenvalue weighted by Crippen LogP contribution is 2.57. The zero-order valence-corrected chi connectivity index (χ0v) is 25.2. The van der Waals surface area contributed by atoms with E-state index in [1.54, 1.807) is 34.8 Å². The number of hydrogen-bond acceptors (Lipinski definition) is 7. The van der Waals surface area contributed by atoms with Crippen LogP contribution in [-0.2, 0) is 37.0 Å². The van der Waals surface area contributed by atoms with E-state index < -0.39 is 41.0 Å². The van der Waals surface area contributed by atoms with Crippen LogP contribution >= 0.6 is 0 Å². The van der Waals surface area contributed by atoms with E-state index in [4.69, 9.17) is 18.9 Å². The molecule has 0 radical (unpaired) electrons. The summed E-state index contributed by atoms with van der Waals surface area (Å²) in [6.07, 6.45) is 4.72. The number of aliphatic hydroxyl groups excluding tert-OH is 1. The summed E-state index contributed by atoms with van der Waals surface area (Å²) in [5, 5.41) is 12.4. The maximum Gasteiger partial charge on any atom is 0.338 e. The molecule has 2 saturated heterocycles. The third-order valence-electron chi connectivity index (χ3n) is 8.83. The normalized spacial score (nSPS) is 29.8. The maximum atomic E-state index is 14.6. The van der Waals surface area contributed by atoms with Gasteiger partial charge in [-0.25, -0.2) is 4.79 Å². The number of carbonyl (C=O) groups is 2. The molecule has 2 aromatic carbocycles. The highest BCUT2D eigenvalue weighted by atomic mass is 16.7. The first-order valence-electron chi connectivity index (χ1n) is 14.9. The van der Waals surface area contributed by atoms with Gasteiger partial charge in [0.15, 0.2) is 11.8 Å². The smallest absolute Gasteiger partial charge is 0.338 e. The first-order chi connectivity index (χ1) is 20.0. The van der Waals surface area contributed by atoms with Gasteiger partial charge in [-0.05, 0) is 70.2 Å². The average molecular weight is 578 g/mol. The van der Waals surface area contributed by atoms with Crippen LogP contribution in [0, 0.1) is 11.8 Å². The van der Waals surface area contributed by atoms with Crippen molar-refractivity contribution in [1.82, 2.24) is 4.90 Å². The molecule has 0 bridgehead atoms. The fourth-order valence-electron chi connectivity index (χ4n) is 6.78. The summed E-state index contributed by atoms with van der Waals surface area (Å²) in [4.78, 5) is 30.6. The van der Waals surface area contributed by atoms with Gasteiger partial charge in [0, 0.05) is 18.9 Å². The van der Waals surface area contributed by atoms with Crippen molar-refractivity contribution in [2.45, 2.75) is 95.7 Å². The molecule has 3 aliphatic rings. The molecular formula is C34H43NO7. The lowest BCUT2D eigenvalue weighted by Crippen LogP contribution is -2.72. The number of rotatable bonds is 9. The molecule has 8 heteroatoms. The Labute approximate surface area is 248 Å². The molecule has 2 heterocycles. The van der Waals surface area contributed by atoms with Crippen molar-refractivity contribution in [3.63, 3.8) is 0 Å². The first-order valence-corrected chi connectivity index (χ1v) is 14.9. The molecule has 2 fully saturated rings. The van der Waals surface area contributed by atoms with Crippen LogP contribution in [0.15, 0.2) is 66.7 Å². The van der Waals surface area contributed by atoms with Crippen molar-refractivity contribution < 1.29 is 33.6 Å². The van der Waals surface area contributed by atoms with Gasteiger partial charge in [0.1, 0.15) is 17.0 Å². The minimum absolute atomic E-state index is 0.0978. The van der Waals surface area contributed by atoms with Crippen LogP contribution < -0.4 is 4.74 Å². The van der Waals surface area contributed by atoms with Crippen molar-refractivity contribution in [2.75, 3.05) is 7.11 Å². The summed E-state index contributed by atoms with van der Waals surface area (Å²) in [6, 6.07) is 17.1. The second-order valence-electron chi connectivity index (χ2n) is 12.7. The summed E-state index contributed by atoms with van der Waals surface area (Å²) < 4.78 is 24.2. The zero-order valence-electron chi connectivity index (χ0n) is 25.2. The Balaban J connectivity index is 1.58. The number of benzene rings is 2. The number of fused-ring (bicyclic) bond motifs is 1. The van der Waals surface area contributed by atoms with E-state index in [0.717, 1.165) is 24.0 Å². The summed E-state index contributed by atoms with van der Waals surface area (Å²) in [5.41, 5.74) is -2.33. The molecule has 8 nitrogen and oxygen atoms in total. The lowest BCUT2D eigenvalue weighted by molar-refractivity contribution is -0.234. The average Bonchev–Trinajstić information content (AvgIpc) is 3.40. The topological polar surface area (TPSA) is 94.5 Å². The number of aliphatic hydroxyl groups is 1. The Morgan fingerprint density at radius 3 is 2.45 bits per heavy atom. The molecule has 1 unspecified atom stereocenters. The molecule has 226 valence electrons. The fourth-order valence-corrected chi connectivity index (χ4v) is 6.78. The van der Waals surface area contributed by atoms with Gasteiger partial charge >= 0.3 is 5.97 Å². The predicted molar refractivity (Wildman–Crippen MR) is 157 cm³/mol. The van der Waals surface area contributed by atoms with Crippen molar-refractivity contribution in [3.8, 4) is 5.75 Å². The summed E-state index contributed by atoms with van der Waals surface area (Å²) in [7, 11) is 1.59. The zero-order chi connectivity index (χ0) is 30.1. The van der Waals surface area contributed by atoms with E-state index in [-0.39, 0.29) is 24.8 Å². The van der Waals surface area contributed by atoms with E-state index >= 15 is 0 Å². The number of esters is 1. The molecule has 0 spiro atoms. The minimum Gasteiger partial charge on any atom is -0.497 e. The van der Waals surface area contributed by atoms with E-state index in [1.807, 2.05) is 66.7 Å². The summed E-state index contributed by atoms with van der Waals surface area (Å²) in [6.45, 7) is 7.53. The molecular weight excluding hydrogens is 534 g/mol. The lowest BCUT2D eigenvalue weighted by Gasteiger charge is -2.50. The molecule has 1 amide bonds. The van der Waals surface area contributed by atoms with E-state index in [2.05, 4.69) is 0 Å². The van der Waals surface area contributed by atoms with Gasteiger partial charge in [-0.1, -0.05) is 54.6 Å². The largest absolute Gasteiger partial charge is 0.497 e. The van der Waals surface area contributed by atoms with Crippen LogP contribution in [0.1, 0.15) is 64.5 Å². The number of likely N-dealkylation sites (tertiary alicyclic amines) is 1.